The fourth-order valence-electron chi connectivity index (χ4n) is 4.96. The summed E-state index contributed by atoms with van der Waals surface area (Å²) in [6.07, 6.45) is 0. The number of fused-ring (bicyclic) bond motifs is 4. The summed E-state index contributed by atoms with van der Waals surface area (Å²) in [6, 6.07) is 13.9. The van der Waals surface area contributed by atoms with Gasteiger partial charge in [0.2, 0.25) is 0 Å². The van der Waals surface area contributed by atoms with Gasteiger partial charge in [-0.2, -0.15) is 5.26 Å². The number of nitriles is 1. The average molecular weight is 464 g/mol. The number of hydrogen-bond acceptors (Lipinski definition) is 7. The van der Waals surface area contributed by atoms with E-state index in [1.165, 1.54) is 4.68 Å². The molecule has 6 rings (SSSR count). The molecule has 0 aliphatic heterocycles. The summed E-state index contributed by atoms with van der Waals surface area (Å²) in [5, 5.41) is 16.6. The number of aromatic nitrogens is 5. The summed E-state index contributed by atoms with van der Waals surface area (Å²) in [4.78, 5) is 12.9. The molecule has 0 unspecified atom stereocenters. The van der Waals surface area contributed by atoms with E-state index in [1.54, 1.807) is 7.11 Å². The maximum absolute atomic E-state index is 10.0. The van der Waals surface area contributed by atoms with Crippen LogP contribution >= 0.6 is 0 Å². The monoisotopic (exact) mass is 463 g/mol. The van der Waals surface area contributed by atoms with Crippen molar-refractivity contribution in [1.29, 1.82) is 5.26 Å². The second kappa shape index (κ2) is 7.33. The van der Waals surface area contributed by atoms with Crippen molar-refractivity contribution in [3.05, 3.63) is 59.4 Å². The second-order valence-electron chi connectivity index (χ2n) is 8.49. The van der Waals surface area contributed by atoms with E-state index in [0.29, 0.717) is 39.9 Å². The van der Waals surface area contributed by atoms with E-state index in [0.717, 1.165) is 44.0 Å². The molecular weight excluding hydrogens is 442 g/mol. The lowest BCUT2D eigenvalue weighted by Gasteiger charge is -2.09. The van der Waals surface area contributed by atoms with Crippen molar-refractivity contribution < 1.29 is 9.26 Å². The highest BCUT2D eigenvalue weighted by Crippen LogP contribution is 2.43. The highest BCUT2D eigenvalue weighted by atomic mass is 16.5. The molecule has 9 nitrogen and oxygen atoms in total. The molecule has 3 N–H and O–H groups in total. The summed E-state index contributed by atoms with van der Waals surface area (Å²) >= 11 is 0. The van der Waals surface area contributed by atoms with Crippen LogP contribution in [0.3, 0.4) is 0 Å². The van der Waals surface area contributed by atoms with Crippen LogP contribution in [0.5, 0.6) is 5.75 Å². The van der Waals surface area contributed by atoms with Crippen molar-refractivity contribution in [3.8, 4) is 34.2 Å². The van der Waals surface area contributed by atoms with Gasteiger partial charge in [-0.1, -0.05) is 23.4 Å². The van der Waals surface area contributed by atoms with Crippen molar-refractivity contribution in [2.75, 3.05) is 13.0 Å². The van der Waals surface area contributed by atoms with E-state index in [-0.39, 0.29) is 0 Å². The minimum atomic E-state index is 0.333. The fourth-order valence-corrected chi connectivity index (χ4v) is 4.96. The number of ether oxygens (including phenoxy) is 1. The number of nitrogens with one attached hydrogen (secondary N) is 1. The summed E-state index contributed by atoms with van der Waals surface area (Å²) in [7, 11) is 1.63. The minimum Gasteiger partial charge on any atom is -0.496 e. The van der Waals surface area contributed by atoms with Gasteiger partial charge >= 0.3 is 0 Å². The first-order valence-electron chi connectivity index (χ1n) is 11.0. The van der Waals surface area contributed by atoms with Gasteiger partial charge in [-0.05, 0) is 39.0 Å². The molecular formula is C26H21N7O2. The number of aryl methyl sites for hydroxylation is 3. The normalized spacial score (nSPS) is 11.5. The maximum atomic E-state index is 10.0. The Morgan fingerprint density at radius 3 is 2.60 bits per heavy atom. The Hall–Kier alpha value is -4.84. The number of nitrogens with two attached hydrogens (primary N) is 1. The number of methoxy groups -OCH3 is 1. The van der Waals surface area contributed by atoms with E-state index in [9.17, 15) is 5.26 Å². The zero-order valence-electron chi connectivity index (χ0n) is 19.6. The van der Waals surface area contributed by atoms with Crippen LogP contribution in [0.2, 0.25) is 0 Å². The van der Waals surface area contributed by atoms with Gasteiger partial charge in [-0.25, -0.2) is 9.97 Å². The number of nitrogens with zero attached hydrogens (tertiary/aromatic N) is 5. The minimum absolute atomic E-state index is 0.333. The molecule has 0 fully saturated rings. The Labute approximate surface area is 199 Å². The molecule has 0 saturated heterocycles. The number of nitrogen functional groups attached to an aromatic ring is 1. The van der Waals surface area contributed by atoms with E-state index < -0.39 is 0 Å². The number of para-hydroxylation sites is 1. The van der Waals surface area contributed by atoms with Crippen molar-refractivity contribution in [2.24, 2.45) is 0 Å². The summed E-state index contributed by atoms with van der Waals surface area (Å²) in [5.41, 5.74) is 6.46. The fraction of sp³-hybridized carbons (Fsp3) is 0.154. The molecule has 4 aromatic heterocycles. The Balaban J connectivity index is 1.75. The van der Waals surface area contributed by atoms with Crippen LogP contribution in [-0.4, -0.2) is 31.9 Å². The van der Waals surface area contributed by atoms with Crippen LogP contribution in [0.15, 0.2) is 40.9 Å². The van der Waals surface area contributed by atoms with Crippen LogP contribution in [0.25, 0.3) is 55.2 Å². The van der Waals surface area contributed by atoms with Gasteiger partial charge in [0.05, 0.1) is 35.0 Å². The molecule has 0 radical (unpaired) electrons. The van der Waals surface area contributed by atoms with Gasteiger partial charge in [0.15, 0.2) is 0 Å². The van der Waals surface area contributed by atoms with Crippen molar-refractivity contribution in [3.63, 3.8) is 0 Å². The lowest BCUT2D eigenvalue weighted by atomic mass is 9.99. The first-order valence-corrected chi connectivity index (χ1v) is 11.0. The molecule has 0 saturated carbocycles. The standard InChI is InChI=1S/C26H21N7O2/c1-12-22(13(2)35-32-12)17-9-18-16(10-21(17)34-4)24-25(29-14(3)30-26(24)31-18)23-15-7-5-6-8-19(15)33(28)20(23)11-27/h5-10H,28H2,1-4H3,(H,29,30,31). The third-order valence-corrected chi connectivity index (χ3v) is 6.44. The predicted octanol–water partition coefficient (Wildman–Crippen LogP) is 4.91. The number of H-pyrrole nitrogens is 1. The summed E-state index contributed by atoms with van der Waals surface area (Å²) in [6.45, 7) is 5.61. The first kappa shape index (κ1) is 20.7. The van der Waals surface area contributed by atoms with Crippen molar-refractivity contribution in [1.82, 2.24) is 24.8 Å². The number of aromatic amines is 1. The molecule has 172 valence electrons. The van der Waals surface area contributed by atoms with Crippen LogP contribution in [0, 0.1) is 32.1 Å². The molecule has 4 heterocycles. The summed E-state index contributed by atoms with van der Waals surface area (Å²) < 4.78 is 12.6. The van der Waals surface area contributed by atoms with Gasteiger partial charge < -0.3 is 20.1 Å². The zero-order valence-corrected chi connectivity index (χ0v) is 19.6. The number of rotatable bonds is 3. The Morgan fingerprint density at radius 2 is 1.89 bits per heavy atom. The third kappa shape index (κ3) is 2.83. The SMILES string of the molecule is COc1cc2c(cc1-c1c(C)noc1C)[nH]c1nc(C)nc(-c3c(C#N)n(N)c4ccccc34)c12. The van der Waals surface area contributed by atoms with Crippen LogP contribution < -0.4 is 10.6 Å². The van der Waals surface area contributed by atoms with Gasteiger partial charge in [-0.15, -0.1) is 0 Å². The Bertz CT molecular complexity index is 1830. The lowest BCUT2D eigenvalue weighted by Crippen LogP contribution is -2.10. The maximum Gasteiger partial charge on any atom is 0.150 e. The van der Waals surface area contributed by atoms with E-state index in [1.807, 2.05) is 57.2 Å². The Kier molecular flexibility index (Phi) is 4.35. The number of hydrogen-bond donors (Lipinski definition) is 2. The third-order valence-electron chi connectivity index (χ3n) is 6.44. The smallest absolute Gasteiger partial charge is 0.150 e. The summed E-state index contributed by atoms with van der Waals surface area (Å²) in [5.74, 6) is 8.27. The van der Waals surface area contributed by atoms with E-state index in [4.69, 9.17) is 20.1 Å². The van der Waals surface area contributed by atoms with Crippen molar-refractivity contribution in [2.45, 2.75) is 20.8 Å². The molecule has 0 atom stereocenters. The van der Waals surface area contributed by atoms with Gasteiger partial charge in [0.25, 0.3) is 0 Å². The zero-order chi connectivity index (χ0) is 24.4. The van der Waals surface area contributed by atoms with Gasteiger partial charge in [0.1, 0.15) is 34.7 Å². The molecule has 0 bridgehead atoms. The second-order valence-corrected chi connectivity index (χ2v) is 8.49. The molecule has 0 aliphatic carbocycles. The van der Waals surface area contributed by atoms with E-state index in [2.05, 4.69) is 21.2 Å². The average Bonchev–Trinajstić information content (AvgIpc) is 3.47. The Morgan fingerprint density at radius 1 is 1.09 bits per heavy atom. The molecule has 6 aromatic rings. The largest absolute Gasteiger partial charge is 0.496 e. The topological polar surface area (TPSA) is 132 Å². The predicted molar refractivity (Wildman–Crippen MR) is 133 cm³/mol. The molecule has 0 aliphatic rings. The number of benzene rings is 2. The molecule has 2 aromatic carbocycles. The van der Waals surface area contributed by atoms with Gasteiger partial charge in [0, 0.05) is 27.4 Å². The quantitative estimate of drug-likeness (QED) is 0.357. The highest BCUT2D eigenvalue weighted by Gasteiger charge is 2.25. The molecule has 0 spiro atoms. The van der Waals surface area contributed by atoms with Crippen LogP contribution in [0.1, 0.15) is 23.0 Å². The molecule has 0 amide bonds. The lowest BCUT2D eigenvalue weighted by molar-refractivity contribution is 0.393. The van der Waals surface area contributed by atoms with Gasteiger partial charge in [-0.3, -0.25) is 4.68 Å². The van der Waals surface area contributed by atoms with E-state index >= 15 is 0 Å². The van der Waals surface area contributed by atoms with Crippen LogP contribution in [0.4, 0.5) is 0 Å². The van der Waals surface area contributed by atoms with Crippen molar-refractivity contribution >= 4 is 32.8 Å². The molecule has 9 heteroatoms. The van der Waals surface area contributed by atoms with Crippen LogP contribution in [-0.2, 0) is 0 Å². The highest BCUT2D eigenvalue weighted by molar-refractivity contribution is 6.16. The molecule has 35 heavy (non-hydrogen) atoms. The first-order chi connectivity index (χ1) is 16.9.